The van der Waals surface area contributed by atoms with Gasteiger partial charge in [0.05, 0.1) is 5.41 Å². The molecule has 0 bridgehead atoms. The standard InChI is InChI=1S/C17H18OS/c1-13-15(9-12-19-13)16(18)17(10-5-6-11-17)14-7-3-2-4-8-14/h2-4,7-9,12H,5-6,10-11H2,1H3. The van der Waals surface area contributed by atoms with Crippen molar-refractivity contribution in [1.82, 2.24) is 0 Å². The van der Waals surface area contributed by atoms with Gasteiger partial charge in [-0.25, -0.2) is 0 Å². The van der Waals surface area contributed by atoms with Crippen LogP contribution in [0.5, 0.6) is 0 Å². The first-order chi connectivity index (χ1) is 9.24. The molecule has 0 radical (unpaired) electrons. The molecule has 1 fully saturated rings. The van der Waals surface area contributed by atoms with Gasteiger partial charge in [-0.3, -0.25) is 4.79 Å². The first kappa shape index (κ1) is 12.6. The summed E-state index contributed by atoms with van der Waals surface area (Å²) in [5, 5.41) is 2.02. The Balaban J connectivity index is 2.07. The van der Waals surface area contributed by atoms with E-state index in [1.54, 1.807) is 11.3 Å². The summed E-state index contributed by atoms with van der Waals surface area (Å²) in [4.78, 5) is 14.2. The summed E-state index contributed by atoms with van der Waals surface area (Å²) >= 11 is 1.66. The third-order valence-electron chi connectivity index (χ3n) is 4.32. The number of ketones is 1. The second kappa shape index (κ2) is 4.93. The molecule has 3 rings (SSSR count). The smallest absolute Gasteiger partial charge is 0.174 e. The Morgan fingerprint density at radius 1 is 1.11 bits per heavy atom. The largest absolute Gasteiger partial charge is 0.293 e. The average molecular weight is 270 g/mol. The lowest BCUT2D eigenvalue weighted by Crippen LogP contribution is -2.33. The SMILES string of the molecule is Cc1sccc1C(=O)C1(c2ccccc2)CCCC1. The predicted octanol–water partition coefficient (Wildman–Crippen LogP) is 4.75. The van der Waals surface area contributed by atoms with Crippen molar-refractivity contribution in [3.05, 3.63) is 57.8 Å². The van der Waals surface area contributed by atoms with E-state index in [9.17, 15) is 4.79 Å². The number of carbonyl (C=O) groups is 1. The molecule has 1 aliphatic carbocycles. The molecule has 0 aliphatic heterocycles. The molecule has 0 saturated heterocycles. The third kappa shape index (κ3) is 2.04. The van der Waals surface area contributed by atoms with Crippen LogP contribution in [-0.4, -0.2) is 5.78 Å². The van der Waals surface area contributed by atoms with E-state index in [0.717, 1.165) is 36.1 Å². The molecular weight excluding hydrogens is 252 g/mol. The summed E-state index contributed by atoms with van der Waals surface area (Å²) in [6.45, 7) is 2.05. The van der Waals surface area contributed by atoms with E-state index in [-0.39, 0.29) is 5.41 Å². The topological polar surface area (TPSA) is 17.1 Å². The van der Waals surface area contributed by atoms with E-state index < -0.39 is 0 Å². The second-order valence-electron chi connectivity index (χ2n) is 5.37. The molecule has 0 spiro atoms. The van der Waals surface area contributed by atoms with Crippen LogP contribution in [0.1, 0.15) is 46.5 Å². The number of aryl methyl sites for hydroxylation is 1. The first-order valence-electron chi connectivity index (χ1n) is 6.88. The van der Waals surface area contributed by atoms with Gasteiger partial charge in [0.15, 0.2) is 5.78 Å². The van der Waals surface area contributed by atoms with Crippen LogP contribution in [0.2, 0.25) is 0 Å². The highest BCUT2D eigenvalue weighted by Crippen LogP contribution is 2.44. The van der Waals surface area contributed by atoms with E-state index in [1.165, 1.54) is 5.56 Å². The maximum Gasteiger partial charge on any atom is 0.174 e. The number of carbonyl (C=O) groups excluding carboxylic acids is 1. The molecule has 98 valence electrons. The average Bonchev–Trinajstić information content (AvgIpc) is 3.08. The number of hydrogen-bond acceptors (Lipinski definition) is 2. The number of hydrogen-bond donors (Lipinski definition) is 0. The minimum atomic E-state index is -0.271. The lowest BCUT2D eigenvalue weighted by Gasteiger charge is -2.28. The maximum atomic E-state index is 13.1. The van der Waals surface area contributed by atoms with Gasteiger partial charge in [-0.1, -0.05) is 43.2 Å². The van der Waals surface area contributed by atoms with Gasteiger partial charge < -0.3 is 0 Å². The van der Waals surface area contributed by atoms with Gasteiger partial charge in [0.2, 0.25) is 0 Å². The maximum absolute atomic E-state index is 13.1. The Labute approximate surface area is 118 Å². The predicted molar refractivity (Wildman–Crippen MR) is 80.0 cm³/mol. The highest BCUT2D eigenvalue weighted by atomic mass is 32.1. The Bertz CT molecular complexity index is 576. The van der Waals surface area contributed by atoms with Crippen LogP contribution in [0, 0.1) is 6.92 Å². The van der Waals surface area contributed by atoms with Crippen molar-refractivity contribution in [1.29, 1.82) is 0 Å². The van der Waals surface area contributed by atoms with Gasteiger partial charge in [-0.15, -0.1) is 11.3 Å². The molecule has 2 heteroatoms. The zero-order valence-corrected chi connectivity index (χ0v) is 12.0. The van der Waals surface area contributed by atoms with Crippen LogP contribution >= 0.6 is 11.3 Å². The van der Waals surface area contributed by atoms with Crippen molar-refractivity contribution in [3.63, 3.8) is 0 Å². The molecule has 1 saturated carbocycles. The Morgan fingerprint density at radius 2 is 1.79 bits per heavy atom. The summed E-state index contributed by atoms with van der Waals surface area (Å²) in [5.41, 5.74) is 1.85. The van der Waals surface area contributed by atoms with Crippen LogP contribution in [0.3, 0.4) is 0 Å². The van der Waals surface area contributed by atoms with Crippen LogP contribution in [0.15, 0.2) is 41.8 Å². The van der Waals surface area contributed by atoms with Crippen LogP contribution in [-0.2, 0) is 5.41 Å². The minimum Gasteiger partial charge on any atom is -0.293 e. The van der Waals surface area contributed by atoms with Crippen molar-refractivity contribution in [2.75, 3.05) is 0 Å². The molecule has 1 nitrogen and oxygen atoms in total. The van der Waals surface area contributed by atoms with Crippen molar-refractivity contribution in [2.45, 2.75) is 38.0 Å². The molecule has 0 amide bonds. The van der Waals surface area contributed by atoms with Gasteiger partial charge in [-0.05, 0) is 36.8 Å². The van der Waals surface area contributed by atoms with E-state index >= 15 is 0 Å². The fourth-order valence-electron chi connectivity index (χ4n) is 3.26. The Hall–Kier alpha value is -1.41. The summed E-state index contributed by atoms with van der Waals surface area (Å²) in [5.74, 6) is 0.329. The normalized spacial score (nSPS) is 17.5. The second-order valence-corrected chi connectivity index (χ2v) is 6.50. The van der Waals surface area contributed by atoms with Gasteiger partial charge in [0.1, 0.15) is 0 Å². The molecule has 1 aromatic heterocycles. The number of benzene rings is 1. The van der Waals surface area contributed by atoms with Crippen molar-refractivity contribution in [2.24, 2.45) is 0 Å². The summed E-state index contributed by atoms with van der Waals surface area (Å²) < 4.78 is 0. The van der Waals surface area contributed by atoms with Crippen molar-refractivity contribution >= 4 is 17.1 Å². The zero-order valence-electron chi connectivity index (χ0n) is 11.2. The van der Waals surface area contributed by atoms with E-state index in [4.69, 9.17) is 0 Å². The monoisotopic (exact) mass is 270 g/mol. The highest BCUT2D eigenvalue weighted by Gasteiger charge is 2.43. The summed E-state index contributed by atoms with van der Waals surface area (Å²) in [7, 11) is 0. The van der Waals surface area contributed by atoms with E-state index in [0.29, 0.717) is 5.78 Å². The molecule has 0 unspecified atom stereocenters. The molecule has 1 heterocycles. The van der Waals surface area contributed by atoms with Gasteiger partial charge in [0.25, 0.3) is 0 Å². The van der Waals surface area contributed by atoms with Gasteiger partial charge >= 0.3 is 0 Å². The van der Waals surface area contributed by atoms with Crippen LogP contribution < -0.4 is 0 Å². The highest BCUT2D eigenvalue weighted by molar-refractivity contribution is 7.10. The van der Waals surface area contributed by atoms with Crippen molar-refractivity contribution < 1.29 is 4.79 Å². The fourth-order valence-corrected chi connectivity index (χ4v) is 3.96. The molecule has 1 aliphatic rings. The zero-order chi connectivity index (χ0) is 13.3. The lowest BCUT2D eigenvalue weighted by molar-refractivity contribution is 0.0886. The molecule has 0 atom stereocenters. The molecule has 1 aromatic carbocycles. The number of thiophene rings is 1. The Morgan fingerprint density at radius 3 is 2.37 bits per heavy atom. The molecular formula is C17H18OS. The fraction of sp³-hybridized carbons (Fsp3) is 0.353. The van der Waals surface area contributed by atoms with E-state index in [2.05, 4.69) is 12.1 Å². The van der Waals surface area contributed by atoms with Gasteiger partial charge in [0, 0.05) is 10.4 Å². The number of rotatable bonds is 3. The van der Waals surface area contributed by atoms with Crippen LogP contribution in [0.4, 0.5) is 0 Å². The summed E-state index contributed by atoms with van der Waals surface area (Å²) in [6, 6.07) is 12.3. The Kier molecular flexibility index (Phi) is 3.28. The molecule has 19 heavy (non-hydrogen) atoms. The first-order valence-corrected chi connectivity index (χ1v) is 7.76. The quantitative estimate of drug-likeness (QED) is 0.735. The van der Waals surface area contributed by atoms with Gasteiger partial charge in [-0.2, -0.15) is 0 Å². The lowest BCUT2D eigenvalue weighted by atomic mass is 9.73. The summed E-state index contributed by atoms with van der Waals surface area (Å²) in [6.07, 6.45) is 4.30. The van der Waals surface area contributed by atoms with Crippen molar-refractivity contribution in [3.8, 4) is 0 Å². The van der Waals surface area contributed by atoms with E-state index in [1.807, 2.05) is 36.6 Å². The van der Waals surface area contributed by atoms with Crippen LogP contribution in [0.25, 0.3) is 0 Å². The molecule has 2 aromatic rings. The third-order valence-corrected chi connectivity index (χ3v) is 5.17. The minimum absolute atomic E-state index is 0.271. The molecule has 0 N–H and O–H groups in total. The number of Topliss-reactive ketones (excluding diaryl/α,β-unsaturated/α-hetero) is 1.